The minimum Gasteiger partial charge on any atom is -0.447 e. The molecule has 0 saturated heterocycles. The van der Waals surface area contributed by atoms with Gasteiger partial charge in [-0.05, 0) is 17.7 Å². The Kier molecular flexibility index (Phi) is 6.00. The zero-order valence-electron chi connectivity index (χ0n) is 15.1. The number of hydrogen-bond donors (Lipinski definition) is 0. The lowest BCUT2D eigenvalue weighted by molar-refractivity contribution is -0.153. The fourth-order valence-electron chi connectivity index (χ4n) is 2.87. The van der Waals surface area contributed by atoms with Gasteiger partial charge in [-0.1, -0.05) is 78.9 Å². The highest BCUT2D eigenvalue weighted by Gasteiger charge is 2.29. The summed E-state index contributed by atoms with van der Waals surface area (Å²) in [4.78, 5) is 26.7. The van der Waals surface area contributed by atoms with Gasteiger partial charge in [0.15, 0.2) is 0 Å². The third kappa shape index (κ3) is 4.82. The second-order valence-corrected chi connectivity index (χ2v) is 6.15. The van der Waals surface area contributed by atoms with Gasteiger partial charge in [-0.15, -0.1) is 0 Å². The van der Waals surface area contributed by atoms with Gasteiger partial charge >= 0.3 is 5.97 Å². The van der Waals surface area contributed by atoms with Crippen LogP contribution >= 0.6 is 0 Å². The van der Waals surface area contributed by atoms with E-state index in [0.717, 1.165) is 11.3 Å². The molecule has 4 heteroatoms. The quantitative estimate of drug-likeness (QED) is 0.608. The number of nitrogens with zero attached hydrogens (tertiary/aromatic N) is 1. The second kappa shape index (κ2) is 8.81. The number of ether oxygens (including phenoxy) is 1. The second-order valence-electron chi connectivity index (χ2n) is 6.15. The van der Waals surface area contributed by atoms with E-state index in [-0.39, 0.29) is 5.91 Å². The van der Waals surface area contributed by atoms with E-state index in [1.54, 1.807) is 17.0 Å². The summed E-state index contributed by atoms with van der Waals surface area (Å²) < 4.78 is 5.41. The molecule has 0 aliphatic heterocycles. The van der Waals surface area contributed by atoms with Gasteiger partial charge < -0.3 is 9.64 Å². The molecule has 0 aromatic heterocycles. The molecule has 1 amide bonds. The lowest BCUT2D eigenvalue weighted by atomic mass is 10.1. The van der Waals surface area contributed by atoms with Crippen LogP contribution < -0.4 is 4.90 Å². The van der Waals surface area contributed by atoms with Gasteiger partial charge in [-0.25, -0.2) is 0 Å². The van der Waals surface area contributed by atoms with Crippen molar-refractivity contribution in [2.24, 2.45) is 0 Å². The van der Waals surface area contributed by atoms with Crippen molar-refractivity contribution in [3.05, 3.63) is 102 Å². The first-order valence-corrected chi connectivity index (χ1v) is 8.77. The van der Waals surface area contributed by atoms with E-state index in [1.807, 2.05) is 78.9 Å². The van der Waals surface area contributed by atoms with E-state index in [4.69, 9.17) is 4.74 Å². The minimum absolute atomic E-state index is 0.286. The molecule has 0 aliphatic carbocycles. The Balaban J connectivity index is 1.98. The van der Waals surface area contributed by atoms with Crippen molar-refractivity contribution in [3.8, 4) is 0 Å². The average molecular weight is 359 g/mol. The van der Waals surface area contributed by atoms with Gasteiger partial charge in [-0.3, -0.25) is 9.59 Å². The average Bonchev–Trinajstić information content (AvgIpc) is 2.72. The Labute approximate surface area is 159 Å². The molecule has 4 nitrogen and oxygen atoms in total. The van der Waals surface area contributed by atoms with Crippen LogP contribution in [0.1, 0.15) is 24.2 Å². The molecule has 0 N–H and O–H groups in total. The Morgan fingerprint density at radius 3 is 1.89 bits per heavy atom. The van der Waals surface area contributed by atoms with Crippen LogP contribution in [0.4, 0.5) is 5.69 Å². The van der Waals surface area contributed by atoms with Crippen LogP contribution in [0, 0.1) is 0 Å². The van der Waals surface area contributed by atoms with Crippen molar-refractivity contribution >= 4 is 17.6 Å². The summed E-state index contributed by atoms with van der Waals surface area (Å²) in [6.07, 6.45) is -0.993. The molecule has 3 rings (SSSR count). The lowest BCUT2D eigenvalue weighted by Crippen LogP contribution is -2.36. The van der Waals surface area contributed by atoms with Gasteiger partial charge in [0.25, 0.3) is 5.91 Å². The number of para-hydroxylation sites is 1. The summed E-state index contributed by atoms with van der Waals surface area (Å²) in [5.41, 5.74) is 2.38. The first-order valence-electron chi connectivity index (χ1n) is 8.77. The van der Waals surface area contributed by atoms with Crippen molar-refractivity contribution in [1.82, 2.24) is 0 Å². The number of rotatable bonds is 6. The Hall–Kier alpha value is -3.40. The first kappa shape index (κ1) is 18.4. The van der Waals surface area contributed by atoms with Gasteiger partial charge in [0.05, 0.1) is 6.54 Å². The van der Waals surface area contributed by atoms with Crippen LogP contribution in [-0.4, -0.2) is 11.9 Å². The third-order valence-corrected chi connectivity index (χ3v) is 4.13. The Morgan fingerprint density at radius 1 is 0.815 bits per heavy atom. The predicted molar refractivity (Wildman–Crippen MR) is 105 cm³/mol. The van der Waals surface area contributed by atoms with Crippen molar-refractivity contribution < 1.29 is 14.3 Å². The molecule has 3 aromatic rings. The predicted octanol–water partition coefficient (Wildman–Crippen LogP) is 4.52. The molecule has 0 unspecified atom stereocenters. The molecule has 3 aromatic carbocycles. The van der Waals surface area contributed by atoms with E-state index in [9.17, 15) is 9.59 Å². The van der Waals surface area contributed by atoms with Crippen molar-refractivity contribution in [1.29, 1.82) is 0 Å². The van der Waals surface area contributed by atoms with E-state index in [2.05, 4.69) is 0 Å². The molecule has 0 saturated carbocycles. The number of esters is 1. The number of hydrogen-bond acceptors (Lipinski definition) is 3. The Morgan fingerprint density at radius 2 is 1.33 bits per heavy atom. The standard InChI is InChI=1S/C23H21NO3/c1-18(25)27-22(20-13-7-3-8-14-20)23(26)24(21-15-9-4-10-16-21)17-19-11-5-2-6-12-19/h2-16,22H,17H2,1H3/t22-/m0/s1. The SMILES string of the molecule is CC(=O)O[C@H](C(=O)N(Cc1ccccc1)c1ccccc1)c1ccccc1. The maximum atomic E-state index is 13.4. The lowest BCUT2D eigenvalue weighted by Gasteiger charge is -2.27. The summed E-state index contributed by atoms with van der Waals surface area (Å²) in [6.45, 7) is 1.70. The molecule has 0 radical (unpaired) electrons. The number of carbonyl (C=O) groups excluding carboxylic acids is 2. The smallest absolute Gasteiger partial charge is 0.303 e. The molecule has 1 atom stereocenters. The van der Waals surface area contributed by atoms with Crippen molar-refractivity contribution in [3.63, 3.8) is 0 Å². The summed E-state index contributed by atoms with van der Waals surface area (Å²) in [5.74, 6) is -0.781. The van der Waals surface area contributed by atoms with E-state index < -0.39 is 12.1 Å². The number of amides is 1. The van der Waals surface area contributed by atoms with Crippen molar-refractivity contribution in [2.45, 2.75) is 19.6 Å². The van der Waals surface area contributed by atoms with Gasteiger partial charge in [0, 0.05) is 18.2 Å². The maximum Gasteiger partial charge on any atom is 0.303 e. The molecule has 0 heterocycles. The molecular weight excluding hydrogens is 338 g/mol. The van der Waals surface area contributed by atoms with Gasteiger partial charge in [0.2, 0.25) is 6.10 Å². The summed E-state index contributed by atoms with van der Waals surface area (Å²) in [5, 5.41) is 0. The van der Waals surface area contributed by atoms with Crippen LogP contribution in [0.3, 0.4) is 0 Å². The number of anilines is 1. The number of carbonyl (C=O) groups is 2. The zero-order chi connectivity index (χ0) is 19.1. The molecule has 136 valence electrons. The normalized spacial score (nSPS) is 11.4. The minimum atomic E-state index is -0.993. The van der Waals surface area contributed by atoms with Crippen LogP contribution in [0.2, 0.25) is 0 Å². The maximum absolute atomic E-state index is 13.4. The van der Waals surface area contributed by atoms with Gasteiger partial charge in [-0.2, -0.15) is 0 Å². The molecular formula is C23H21NO3. The van der Waals surface area contributed by atoms with Gasteiger partial charge in [0.1, 0.15) is 0 Å². The topological polar surface area (TPSA) is 46.6 Å². The highest BCUT2D eigenvalue weighted by atomic mass is 16.5. The van der Waals surface area contributed by atoms with E-state index in [1.165, 1.54) is 6.92 Å². The molecule has 0 fully saturated rings. The summed E-state index contributed by atoms with van der Waals surface area (Å²) in [7, 11) is 0. The van der Waals surface area contributed by atoms with Crippen LogP contribution in [0.25, 0.3) is 0 Å². The highest BCUT2D eigenvalue weighted by molar-refractivity contribution is 5.98. The molecule has 27 heavy (non-hydrogen) atoms. The Bertz CT molecular complexity index is 879. The van der Waals surface area contributed by atoms with Crippen LogP contribution in [0.15, 0.2) is 91.0 Å². The molecule has 0 bridgehead atoms. The van der Waals surface area contributed by atoms with Crippen LogP contribution in [0.5, 0.6) is 0 Å². The summed E-state index contributed by atoms with van der Waals surface area (Å²) in [6, 6.07) is 28.2. The first-order chi connectivity index (χ1) is 13.1. The van der Waals surface area contributed by atoms with E-state index >= 15 is 0 Å². The number of benzene rings is 3. The molecule has 0 aliphatic rings. The fourth-order valence-corrected chi connectivity index (χ4v) is 2.87. The van der Waals surface area contributed by atoms with Crippen LogP contribution in [-0.2, 0) is 20.9 Å². The molecule has 0 spiro atoms. The van der Waals surface area contributed by atoms with Crippen molar-refractivity contribution in [2.75, 3.05) is 4.90 Å². The largest absolute Gasteiger partial charge is 0.447 e. The summed E-state index contributed by atoms with van der Waals surface area (Å²) >= 11 is 0. The third-order valence-electron chi connectivity index (χ3n) is 4.13. The van der Waals surface area contributed by atoms with E-state index in [0.29, 0.717) is 12.1 Å². The zero-order valence-corrected chi connectivity index (χ0v) is 15.1. The highest BCUT2D eigenvalue weighted by Crippen LogP contribution is 2.26. The fraction of sp³-hybridized carbons (Fsp3) is 0.130. The monoisotopic (exact) mass is 359 g/mol.